The van der Waals surface area contributed by atoms with Gasteiger partial charge in [0.1, 0.15) is 11.2 Å². The Kier molecular flexibility index (Phi) is 4.97. The Morgan fingerprint density at radius 1 is 1.03 bits per heavy atom. The molecule has 31 heavy (non-hydrogen) atoms. The molecular weight excluding hydrogens is 392 g/mol. The van der Waals surface area contributed by atoms with E-state index in [-0.39, 0.29) is 5.56 Å². The monoisotopic (exact) mass is 414 g/mol. The Hall–Kier alpha value is -3.91. The molecule has 2 aromatic heterocycles. The molecule has 5 rings (SSSR count). The van der Waals surface area contributed by atoms with Gasteiger partial charge >= 0.3 is 0 Å². The van der Waals surface area contributed by atoms with Gasteiger partial charge in [0.25, 0.3) is 5.56 Å². The van der Waals surface area contributed by atoms with E-state index in [9.17, 15) is 4.79 Å². The second-order valence-corrected chi connectivity index (χ2v) is 7.38. The number of nitrogens with zero attached hydrogens (tertiary/aromatic N) is 3. The first-order valence-electron chi connectivity index (χ1n) is 10.1. The fraction of sp³-hybridized carbons (Fsp3) is 0.174. The summed E-state index contributed by atoms with van der Waals surface area (Å²) in [5, 5.41) is 3.72. The van der Waals surface area contributed by atoms with Crippen LogP contribution >= 0.6 is 0 Å². The zero-order valence-electron chi connectivity index (χ0n) is 16.8. The number of hydrogen-bond donors (Lipinski definition) is 3. The minimum Gasteiger partial charge on any atom is -0.399 e. The number of hydrogen-bond acceptors (Lipinski definition) is 7. The molecule has 2 aromatic carbocycles. The number of nitrogens with one attached hydrogen (secondary N) is 2. The number of fused-ring (bicyclic) bond motifs is 1. The summed E-state index contributed by atoms with van der Waals surface area (Å²) >= 11 is 0. The van der Waals surface area contributed by atoms with E-state index in [0.29, 0.717) is 28.1 Å². The summed E-state index contributed by atoms with van der Waals surface area (Å²) in [6.45, 7) is 3.24. The number of H-pyrrole nitrogens is 1. The highest BCUT2D eigenvalue weighted by atomic mass is 16.5. The van der Waals surface area contributed by atoms with Crippen LogP contribution in [-0.4, -0.2) is 41.3 Å². The molecule has 1 fully saturated rings. The highest BCUT2D eigenvalue weighted by Gasteiger charge is 2.14. The standard InChI is InChI=1S/C23H22N6O2/c24-16-3-1-15(2-4-16)19-13-20-21(23(30)26-14-25-20)22(28-19)27-17-5-7-18(8-6-17)29-9-11-31-12-10-29/h1-8,13-14H,9-12,24H2,(H,27,28)(H,25,26,30). The SMILES string of the molecule is Nc1ccc(-c2cc3nc[nH]c(=O)c3c(Nc3ccc(N4CCOCC4)cc3)n2)cc1. The molecule has 3 heterocycles. The maximum absolute atomic E-state index is 12.5. The largest absolute Gasteiger partial charge is 0.399 e. The van der Waals surface area contributed by atoms with Crippen LogP contribution < -0.4 is 21.5 Å². The van der Waals surface area contributed by atoms with Crippen molar-refractivity contribution in [3.8, 4) is 11.3 Å². The van der Waals surface area contributed by atoms with Crippen LogP contribution in [-0.2, 0) is 4.74 Å². The lowest BCUT2D eigenvalue weighted by atomic mass is 10.1. The van der Waals surface area contributed by atoms with Gasteiger partial charge in [-0.1, -0.05) is 12.1 Å². The smallest absolute Gasteiger partial charge is 0.262 e. The van der Waals surface area contributed by atoms with Gasteiger partial charge in [-0.3, -0.25) is 4.79 Å². The topological polar surface area (TPSA) is 109 Å². The lowest BCUT2D eigenvalue weighted by Crippen LogP contribution is -2.36. The Morgan fingerprint density at radius 3 is 2.52 bits per heavy atom. The van der Waals surface area contributed by atoms with E-state index in [1.54, 1.807) is 0 Å². The fourth-order valence-corrected chi connectivity index (χ4v) is 3.70. The third kappa shape index (κ3) is 3.93. The first-order valence-corrected chi connectivity index (χ1v) is 10.1. The van der Waals surface area contributed by atoms with E-state index in [1.807, 2.05) is 42.5 Å². The summed E-state index contributed by atoms with van der Waals surface area (Å²) in [5.41, 5.74) is 10.4. The Labute approximate surface area is 178 Å². The van der Waals surface area contributed by atoms with Crippen molar-refractivity contribution in [2.75, 3.05) is 42.3 Å². The maximum atomic E-state index is 12.5. The second-order valence-electron chi connectivity index (χ2n) is 7.38. The molecule has 1 aliphatic heterocycles. The second kappa shape index (κ2) is 8.08. The minimum atomic E-state index is -0.242. The van der Waals surface area contributed by atoms with Crippen molar-refractivity contribution in [3.05, 3.63) is 71.3 Å². The van der Waals surface area contributed by atoms with Gasteiger partial charge in [0.05, 0.1) is 30.8 Å². The molecule has 0 aliphatic carbocycles. The average molecular weight is 414 g/mol. The van der Waals surface area contributed by atoms with E-state index in [2.05, 4.69) is 32.3 Å². The third-order valence-corrected chi connectivity index (χ3v) is 5.34. The number of rotatable bonds is 4. The molecule has 156 valence electrons. The van der Waals surface area contributed by atoms with Crippen LogP contribution in [0.5, 0.6) is 0 Å². The molecule has 0 bridgehead atoms. The number of aromatic nitrogens is 3. The molecular formula is C23H22N6O2. The molecule has 1 aliphatic rings. The van der Waals surface area contributed by atoms with Crippen LogP contribution in [0.2, 0.25) is 0 Å². The maximum Gasteiger partial charge on any atom is 0.262 e. The minimum absolute atomic E-state index is 0.242. The highest BCUT2D eigenvalue weighted by Crippen LogP contribution is 2.28. The van der Waals surface area contributed by atoms with Gasteiger partial charge in [-0.25, -0.2) is 9.97 Å². The Balaban J connectivity index is 1.52. The molecule has 4 aromatic rings. The lowest BCUT2D eigenvalue weighted by Gasteiger charge is -2.28. The third-order valence-electron chi connectivity index (χ3n) is 5.34. The first-order chi connectivity index (χ1) is 15.2. The van der Waals surface area contributed by atoms with Crippen LogP contribution in [0.1, 0.15) is 0 Å². The van der Waals surface area contributed by atoms with Gasteiger partial charge in [-0.15, -0.1) is 0 Å². The Morgan fingerprint density at radius 2 is 1.77 bits per heavy atom. The zero-order chi connectivity index (χ0) is 21.2. The number of nitrogens with two attached hydrogens (primary N) is 1. The summed E-state index contributed by atoms with van der Waals surface area (Å²) in [5.74, 6) is 0.456. The van der Waals surface area contributed by atoms with Gasteiger partial charge in [0.2, 0.25) is 0 Å². The number of pyridine rings is 1. The number of nitrogen functional groups attached to an aromatic ring is 1. The first kappa shape index (κ1) is 19.1. The zero-order valence-corrected chi connectivity index (χ0v) is 16.8. The molecule has 0 spiro atoms. The van der Waals surface area contributed by atoms with Crippen molar-refractivity contribution in [3.63, 3.8) is 0 Å². The van der Waals surface area contributed by atoms with Crippen molar-refractivity contribution in [1.82, 2.24) is 15.0 Å². The highest BCUT2D eigenvalue weighted by molar-refractivity contribution is 5.92. The molecule has 0 atom stereocenters. The van der Waals surface area contributed by atoms with E-state index in [0.717, 1.165) is 43.2 Å². The van der Waals surface area contributed by atoms with Gasteiger partial charge in [0, 0.05) is 35.7 Å². The molecule has 0 amide bonds. The normalized spacial score (nSPS) is 14.0. The van der Waals surface area contributed by atoms with Gasteiger partial charge in [-0.2, -0.15) is 0 Å². The molecule has 8 heteroatoms. The summed E-state index contributed by atoms with van der Waals surface area (Å²) in [4.78, 5) is 26.5. The summed E-state index contributed by atoms with van der Waals surface area (Å²) in [7, 11) is 0. The van der Waals surface area contributed by atoms with Crippen molar-refractivity contribution >= 4 is 33.8 Å². The number of ether oxygens (including phenoxy) is 1. The van der Waals surface area contributed by atoms with E-state index in [1.165, 1.54) is 6.33 Å². The molecule has 8 nitrogen and oxygen atoms in total. The van der Waals surface area contributed by atoms with Crippen LogP contribution in [0.4, 0.5) is 22.9 Å². The molecule has 1 saturated heterocycles. The molecule has 0 radical (unpaired) electrons. The van der Waals surface area contributed by atoms with E-state index < -0.39 is 0 Å². The summed E-state index contributed by atoms with van der Waals surface area (Å²) < 4.78 is 5.42. The van der Waals surface area contributed by atoms with Crippen molar-refractivity contribution < 1.29 is 4.74 Å². The predicted octanol–water partition coefficient (Wildman–Crippen LogP) is 3.15. The number of aromatic amines is 1. The number of morpholine rings is 1. The van der Waals surface area contributed by atoms with Gasteiger partial charge in [0.15, 0.2) is 0 Å². The van der Waals surface area contributed by atoms with E-state index >= 15 is 0 Å². The van der Waals surface area contributed by atoms with Crippen LogP contribution in [0.3, 0.4) is 0 Å². The lowest BCUT2D eigenvalue weighted by molar-refractivity contribution is 0.122. The van der Waals surface area contributed by atoms with Crippen LogP contribution in [0, 0.1) is 0 Å². The van der Waals surface area contributed by atoms with E-state index in [4.69, 9.17) is 15.5 Å². The molecule has 0 saturated carbocycles. The summed E-state index contributed by atoms with van der Waals surface area (Å²) in [6.07, 6.45) is 1.40. The summed E-state index contributed by atoms with van der Waals surface area (Å²) in [6, 6.07) is 17.3. The van der Waals surface area contributed by atoms with Crippen molar-refractivity contribution in [2.24, 2.45) is 0 Å². The van der Waals surface area contributed by atoms with Crippen LogP contribution in [0.15, 0.2) is 65.7 Å². The van der Waals surface area contributed by atoms with Crippen LogP contribution in [0.25, 0.3) is 22.2 Å². The van der Waals surface area contributed by atoms with Gasteiger partial charge < -0.3 is 25.7 Å². The quantitative estimate of drug-likeness (QED) is 0.440. The average Bonchev–Trinajstić information content (AvgIpc) is 2.80. The van der Waals surface area contributed by atoms with Crippen molar-refractivity contribution in [2.45, 2.75) is 0 Å². The number of anilines is 4. The Bertz CT molecular complexity index is 1260. The fourth-order valence-electron chi connectivity index (χ4n) is 3.70. The molecule has 4 N–H and O–H groups in total. The molecule has 0 unspecified atom stereocenters. The van der Waals surface area contributed by atoms with Gasteiger partial charge in [-0.05, 0) is 42.5 Å². The van der Waals surface area contributed by atoms with Crippen molar-refractivity contribution in [1.29, 1.82) is 0 Å². The predicted molar refractivity (Wildman–Crippen MR) is 123 cm³/mol. The number of benzene rings is 2.